The van der Waals surface area contributed by atoms with Crippen LogP contribution in [0.15, 0.2) is 24.3 Å². The second-order valence-electron chi connectivity index (χ2n) is 5.93. The van der Waals surface area contributed by atoms with Gasteiger partial charge in [-0.15, -0.1) is 0 Å². The van der Waals surface area contributed by atoms with Crippen molar-refractivity contribution in [2.24, 2.45) is 5.92 Å². The maximum absolute atomic E-state index is 12.2. The third-order valence-corrected chi connectivity index (χ3v) is 3.67. The molecule has 0 radical (unpaired) electrons. The number of hydrogen-bond donors (Lipinski definition) is 1. The average molecular weight is 275 g/mol. The summed E-state index contributed by atoms with van der Waals surface area (Å²) in [4.78, 5) is 16.6. The summed E-state index contributed by atoms with van der Waals surface area (Å²) in [5.74, 6) is 0.683. The van der Waals surface area contributed by atoms with Crippen molar-refractivity contribution in [3.05, 3.63) is 29.8 Å². The second-order valence-corrected chi connectivity index (χ2v) is 5.93. The van der Waals surface area contributed by atoms with E-state index in [9.17, 15) is 4.79 Å². The van der Waals surface area contributed by atoms with E-state index in [2.05, 4.69) is 24.1 Å². The van der Waals surface area contributed by atoms with Gasteiger partial charge in [0.1, 0.15) is 0 Å². The van der Waals surface area contributed by atoms with Crippen molar-refractivity contribution in [3.8, 4) is 0 Å². The van der Waals surface area contributed by atoms with E-state index in [1.54, 1.807) is 0 Å². The first kappa shape index (κ1) is 14.9. The predicted molar refractivity (Wildman–Crippen MR) is 83.0 cm³/mol. The Balaban J connectivity index is 1.85. The fourth-order valence-electron chi connectivity index (χ4n) is 2.56. The molecule has 1 aromatic rings. The molecule has 1 aromatic carbocycles. The van der Waals surface area contributed by atoms with Gasteiger partial charge in [-0.1, -0.05) is 32.0 Å². The molecular weight excluding hydrogens is 250 g/mol. The number of benzene rings is 1. The van der Waals surface area contributed by atoms with Gasteiger partial charge in [-0.05, 0) is 24.5 Å². The summed E-state index contributed by atoms with van der Waals surface area (Å²) in [7, 11) is 0. The van der Waals surface area contributed by atoms with Gasteiger partial charge in [-0.2, -0.15) is 0 Å². The molecular formula is C16H25N3O. The van der Waals surface area contributed by atoms with Crippen molar-refractivity contribution < 1.29 is 4.79 Å². The fraction of sp³-hybridized carbons (Fsp3) is 0.562. The fourth-order valence-corrected chi connectivity index (χ4v) is 2.56. The van der Waals surface area contributed by atoms with E-state index in [-0.39, 0.29) is 6.03 Å². The highest BCUT2D eigenvalue weighted by Crippen LogP contribution is 2.14. The number of hydrogen-bond acceptors (Lipinski definition) is 2. The van der Waals surface area contributed by atoms with Gasteiger partial charge in [-0.25, -0.2) is 4.79 Å². The van der Waals surface area contributed by atoms with Crippen molar-refractivity contribution in [2.75, 3.05) is 38.0 Å². The molecule has 0 spiro atoms. The van der Waals surface area contributed by atoms with Crippen LogP contribution in [0.3, 0.4) is 0 Å². The molecule has 2 amide bonds. The second kappa shape index (κ2) is 6.75. The Hall–Kier alpha value is -1.55. The predicted octanol–water partition coefficient (Wildman–Crippen LogP) is 2.80. The van der Waals surface area contributed by atoms with Gasteiger partial charge >= 0.3 is 6.03 Å². The van der Waals surface area contributed by atoms with E-state index in [0.717, 1.165) is 44.0 Å². The number of nitrogens with zero attached hydrogens (tertiary/aromatic N) is 2. The number of amides is 2. The molecule has 1 aliphatic heterocycles. The smallest absolute Gasteiger partial charge is 0.321 e. The zero-order valence-corrected chi connectivity index (χ0v) is 12.7. The molecule has 0 unspecified atom stereocenters. The largest absolute Gasteiger partial charge is 0.322 e. The van der Waals surface area contributed by atoms with Gasteiger partial charge in [0.15, 0.2) is 0 Å². The number of para-hydroxylation sites is 1. The van der Waals surface area contributed by atoms with Crippen molar-refractivity contribution >= 4 is 11.7 Å². The van der Waals surface area contributed by atoms with Crippen molar-refractivity contribution in [1.82, 2.24) is 9.80 Å². The van der Waals surface area contributed by atoms with Crippen molar-refractivity contribution in [3.63, 3.8) is 0 Å². The molecule has 0 aromatic heterocycles. The number of carbonyl (C=O) groups is 1. The van der Waals surface area contributed by atoms with E-state index >= 15 is 0 Å². The Kier molecular flexibility index (Phi) is 5.01. The van der Waals surface area contributed by atoms with Gasteiger partial charge < -0.3 is 10.2 Å². The topological polar surface area (TPSA) is 35.6 Å². The average Bonchev–Trinajstić information content (AvgIpc) is 2.41. The Morgan fingerprint density at radius 2 is 1.85 bits per heavy atom. The van der Waals surface area contributed by atoms with Gasteiger partial charge in [0.05, 0.1) is 0 Å². The van der Waals surface area contributed by atoms with Gasteiger partial charge in [-0.3, -0.25) is 4.90 Å². The van der Waals surface area contributed by atoms with Crippen LogP contribution in [0.1, 0.15) is 19.4 Å². The Morgan fingerprint density at radius 3 is 2.45 bits per heavy atom. The van der Waals surface area contributed by atoms with E-state index < -0.39 is 0 Å². The summed E-state index contributed by atoms with van der Waals surface area (Å²) < 4.78 is 0. The monoisotopic (exact) mass is 275 g/mol. The zero-order chi connectivity index (χ0) is 14.5. The van der Waals surface area contributed by atoms with Crippen LogP contribution in [-0.2, 0) is 0 Å². The first-order valence-electron chi connectivity index (χ1n) is 7.40. The van der Waals surface area contributed by atoms with Crippen LogP contribution in [0.4, 0.5) is 10.5 Å². The Morgan fingerprint density at radius 1 is 1.20 bits per heavy atom. The molecule has 4 nitrogen and oxygen atoms in total. The van der Waals surface area contributed by atoms with Crippen LogP contribution >= 0.6 is 0 Å². The first-order valence-corrected chi connectivity index (χ1v) is 7.40. The number of nitrogens with one attached hydrogen (secondary N) is 1. The van der Waals surface area contributed by atoms with E-state index in [4.69, 9.17) is 0 Å². The highest BCUT2D eigenvalue weighted by Gasteiger charge is 2.21. The molecule has 110 valence electrons. The molecule has 0 bridgehead atoms. The molecule has 1 saturated heterocycles. The SMILES string of the molecule is Cc1ccccc1NC(=O)N1CCN(CC(C)C)CC1. The van der Waals surface area contributed by atoms with E-state index in [1.807, 2.05) is 36.1 Å². The Labute approximate surface area is 121 Å². The van der Waals surface area contributed by atoms with Crippen molar-refractivity contribution in [1.29, 1.82) is 0 Å². The minimum Gasteiger partial charge on any atom is -0.322 e. The summed E-state index contributed by atoms with van der Waals surface area (Å²) in [6, 6.07) is 7.90. The summed E-state index contributed by atoms with van der Waals surface area (Å²) in [5.41, 5.74) is 2.00. The number of piperazine rings is 1. The molecule has 20 heavy (non-hydrogen) atoms. The summed E-state index contributed by atoms with van der Waals surface area (Å²) in [5, 5.41) is 3.00. The van der Waals surface area contributed by atoms with Crippen LogP contribution in [0.2, 0.25) is 0 Å². The molecule has 2 rings (SSSR count). The molecule has 1 aliphatic rings. The third kappa shape index (κ3) is 3.97. The highest BCUT2D eigenvalue weighted by atomic mass is 16.2. The number of aryl methyl sites for hydroxylation is 1. The summed E-state index contributed by atoms with van der Waals surface area (Å²) in [6.45, 7) is 11.2. The lowest BCUT2D eigenvalue weighted by atomic mass is 10.2. The third-order valence-electron chi connectivity index (χ3n) is 3.67. The summed E-state index contributed by atoms with van der Waals surface area (Å²) in [6.07, 6.45) is 0. The number of anilines is 1. The quantitative estimate of drug-likeness (QED) is 0.920. The maximum atomic E-state index is 12.2. The van der Waals surface area contributed by atoms with Gasteiger partial charge in [0.25, 0.3) is 0 Å². The number of carbonyl (C=O) groups excluding carboxylic acids is 1. The maximum Gasteiger partial charge on any atom is 0.321 e. The Bertz CT molecular complexity index is 451. The van der Waals surface area contributed by atoms with Crippen LogP contribution in [0.25, 0.3) is 0 Å². The zero-order valence-electron chi connectivity index (χ0n) is 12.7. The minimum absolute atomic E-state index is 0.0171. The lowest BCUT2D eigenvalue weighted by molar-refractivity contribution is 0.138. The highest BCUT2D eigenvalue weighted by molar-refractivity contribution is 5.90. The molecule has 0 saturated carbocycles. The molecule has 1 heterocycles. The van der Waals surface area contributed by atoms with Crippen LogP contribution < -0.4 is 5.32 Å². The van der Waals surface area contributed by atoms with Gasteiger partial charge in [0.2, 0.25) is 0 Å². The summed E-state index contributed by atoms with van der Waals surface area (Å²) >= 11 is 0. The van der Waals surface area contributed by atoms with Crippen LogP contribution in [0, 0.1) is 12.8 Å². The first-order chi connectivity index (χ1) is 9.56. The lowest BCUT2D eigenvalue weighted by Crippen LogP contribution is -2.50. The van der Waals surface area contributed by atoms with Crippen LogP contribution in [0.5, 0.6) is 0 Å². The van der Waals surface area contributed by atoms with E-state index in [1.165, 1.54) is 0 Å². The standard InChI is InChI=1S/C16H25N3O/c1-13(2)12-18-8-10-19(11-9-18)16(20)17-15-7-5-4-6-14(15)3/h4-7,13H,8-12H2,1-3H3,(H,17,20). The van der Waals surface area contributed by atoms with Gasteiger partial charge in [0, 0.05) is 38.4 Å². The molecule has 1 N–H and O–H groups in total. The molecule has 0 atom stereocenters. The lowest BCUT2D eigenvalue weighted by Gasteiger charge is -2.35. The molecule has 4 heteroatoms. The van der Waals surface area contributed by atoms with Crippen molar-refractivity contribution in [2.45, 2.75) is 20.8 Å². The molecule has 0 aliphatic carbocycles. The van der Waals surface area contributed by atoms with Crippen LogP contribution in [-0.4, -0.2) is 48.6 Å². The minimum atomic E-state index is 0.0171. The van der Waals surface area contributed by atoms with E-state index in [0.29, 0.717) is 5.92 Å². The number of rotatable bonds is 3. The number of urea groups is 1. The normalized spacial score (nSPS) is 16.5. The molecule has 1 fully saturated rings.